The van der Waals surface area contributed by atoms with Gasteiger partial charge in [-0.2, -0.15) is 4.57 Å². The fourth-order valence-corrected chi connectivity index (χ4v) is 3.12. The zero-order valence-electron chi connectivity index (χ0n) is 13.0. The first-order valence-corrected chi connectivity index (χ1v) is 7.21. The van der Waals surface area contributed by atoms with Crippen LogP contribution in [-0.4, -0.2) is 0 Å². The molecule has 102 valence electrons. The maximum Gasteiger partial charge on any atom is 0.220 e. The third-order valence-electron chi connectivity index (χ3n) is 4.52. The van der Waals surface area contributed by atoms with Gasteiger partial charge in [0.25, 0.3) is 0 Å². The van der Waals surface area contributed by atoms with Crippen LogP contribution in [0.5, 0.6) is 0 Å². The second-order valence-corrected chi connectivity index (χ2v) is 6.39. The molecule has 1 aliphatic carbocycles. The summed E-state index contributed by atoms with van der Waals surface area (Å²) in [4.78, 5) is 0. The van der Waals surface area contributed by atoms with E-state index in [2.05, 4.69) is 81.8 Å². The average Bonchev–Trinajstić information content (AvgIpc) is 2.69. The Morgan fingerprint density at radius 2 is 1.75 bits per heavy atom. The van der Waals surface area contributed by atoms with E-state index in [1.165, 1.54) is 33.6 Å². The minimum absolute atomic E-state index is 0.131. The van der Waals surface area contributed by atoms with Crippen molar-refractivity contribution < 1.29 is 4.57 Å². The molecule has 0 saturated carbocycles. The van der Waals surface area contributed by atoms with Gasteiger partial charge in [-0.3, -0.25) is 0 Å². The predicted octanol–water partition coefficient (Wildman–Crippen LogP) is 4.10. The van der Waals surface area contributed by atoms with Crippen molar-refractivity contribution >= 4 is 6.08 Å². The minimum Gasteiger partial charge on any atom is -0.198 e. The molecule has 0 radical (unpaired) electrons. The monoisotopic (exact) mass is 264 g/mol. The zero-order valence-corrected chi connectivity index (χ0v) is 13.0. The first kappa shape index (κ1) is 13.1. The lowest BCUT2D eigenvalue weighted by Gasteiger charge is -2.19. The van der Waals surface area contributed by atoms with Gasteiger partial charge in [-0.05, 0) is 24.1 Å². The quantitative estimate of drug-likeness (QED) is 0.683. The number of allylic oxidation sites excluding steroid dienone is 1. The number of nitrogens with zero attached hydrogens (tertiary/aromatic N) is 1. The van der Waals surface area contributed by atoms with Crippen LogP contribution in [0.3, 0.4) is 0 Å². The topological polar surface area (TPSA) is 3.88 Å². The molecule has 0 aliphatic heterocycles. The third-order valence-corrected chi connectivity index (χ3v) is 4.52. The number of aromatic nitrogens is 1. The number of hydrogen-bond donors (Lipinski definition) is 0. The maximum absolute atomic E-state index is 2.33. The van der Waals surface area contributed by atoms with Gasteiger partial charge in [0.2, 0.25) is 5.69 Å². The summed E-state index contributed by atoms with van der Waals surface area (Å²) in [7, 11) is 2.16. The Labute approximate surface area is 121 Å². The summed E-state index contributed by atoms with van der Waals surface area (Å²) >= 11 is 0. The van der Waals surface area contributed by atoms with E-state index in [9.17, 15) is 0 Å². The Morgan fingerprint density at radius 1 is 1.05 bits per heavy atom. The van der Waals surface area contributed by atoms with Crippen LogP contribution >= 0.6 is 0 Å². The Kier molecular flexibility index (Phi) is 2.82. The van der Waals surface area contributed by atoms with E-state index in [0.717, 1.165) is 0 Å². The molecule has 1 nitrogen and oxygen atoms in total. The lowest BCUT2D eigenvalue weighted by atomic mass is 9.85. The summed E-state index contributed by atoms with van der Waals surface area (Å²) < 4.78 is 2.31. The van der Waals surface area contributed by atoms with E-state index >= 15 is 0 Å². The van der Waals surface area contributed by atoms with Gasteiger partial charge in [0.05, 0.1) is 5.56 Å². The summed E-state index contributed by atoms with van der Waals surface area (Å²) in [6, 6.07) is 11.0. The van der Waals surface area contributed by atoms with Gasteiger partial charge < -0.3 is 0 Å². The van der Waals surface area contributed by atoms with Gasteiger partial charge >= 0.3 is 0 Å². The fraction of sp³-hybridized carbons (Fsp3) is 0.316. The summed E-state index contributed by atoms with van der Waals surface area (Å²) in [5, 5.41) is 0. The fourth-order valence-electron chi connectivity index (χ4n) is 3.12. The average molecular weight is 264 g/mol. The Morgan fingerprint density at radius 3 is 2.45 bits per heavy atom. The highest BCUT2D eigenvalue weighted by Crippen LogP contribution is 2.39. The number of rotatable bonds is 1. The molecule has 1 heteroatoms. The van der Waals surface area contributed by atoms with E-state index in [0.29, 0.717) is 0 Å². The van der Waals surface area contributed by atoms with Crippen molar-refractivity contribution in [3.05, 3.63) is 58.8 Å². The van der Waals surface area contributed by atoms with Crippen molar-refractivity contribution in [1.82, 2.24) is 0 Å². The first-order valence-electron chi connectivity index (χ1n) is 7.21. The van der Waals surface area contributed by atoms with Gasteiger partial charge in [-0.1, -0.05) is 44.2 Å². The molecule has 0 amide bonds. The highest BCUT2D eigenvalue weighted by molar-refractivity contribution is 5.78. The molecular formula is C19H22N+. The lowest BCUT2D eigenvalue weighted by Crippen LogP contribution is -2.36. The standard InChI is InChI=1S/C19H22N/c1-13-8-6-7-9-15(13)18-16-10-11-19(3,4)17(16)12-14(2)20(18)5/h6-12H,1-5H3/q+1. The number of pyridine rings is 1. The normalized spacial score (nSPS) is 15.4. The van der Waals surface area contributed by atoms with Crippen molar-refractivity contribution in [3.63, 3.8) is 0 Å². The van der Waals surface area contributed by atoms with Crippen molar-refractivity contribution in [2.45, 2.75) is 33.1 Å². The Balaban J connectivity index is 2.38. The van der Waals surface area contributed by atoms with Gasteiger partial charge in [-0.15, -0.1) is 0 Å². The number of aryl methyl sites for hydroxylation is 2. The Hall–Kier alpha value is -1.89. The molecule has 20 heavy (non-hydrogen) atoms. The third kappa shape index (κ3) is 1.81. The van der Waals surface area contributed by atoms with E-state index in [-0.39, 0.29) is 5.41 Å². The molecule has 1 aromatic heterocycles. The van der Waals surface area contributed by atoms with E-state index in [1.807, 2.05) is 0 Å². The summed E-state index contributed by atoms with van der Waals surface area (Å²) in [5.74, 6) is 0. The van der Waals surface area contributed by atoms with Crippen LogP contribution in [0.1, 0.15) is 36.2 Å². The molecular weight excluding hydrogens is 242 g/mol. The lowest BCUT2D eigenvalue weighted by molar-refractivity contribution is -0.666. The van der Waals surface area contributed by atoms with Crippen LogP contribution in [-0.2, 0) is 12.5 Å². The molecule has 2 aromatic rings. The number of fused-ring (bicyclic) bond motifs is 1. The summed E-state index contributed by atoms with van der Waals surface area (Å²) in [6.45, 7) is 8.96. The number of benzene rings is 1. The van der Waals surface area contributed by atoms with Crippen LogP contribution in [0.4, 0.5) is 0 Å². The van der Waals surface area contributed by atoms with Crippen molar-refractivity contribution in [3.8, 4) is 11.3 Å². The van der Waals surface area contributed by atoms with Crippen molar-refractivity contribution in [1.29, 1.82) is 0 Å². The van der Waals surface area contributed by atoms with Crippen molar-refractivity contribution in [2.75, 3.05) is 0 Å². The van der Waals surface area contributed by atoms with Crippen LogP contribution < -0.4 is 4.57 Å². The van der Waals surface area contributed by atoms with Crippen LogP contribution in [0.15, 0.2) is 36.4 Å². The molecule has 0 bridgehead atoms. The summed E-state index contributed by atoms with van der Waals surface area (Å²) in [6.07, 6.45) is 4.61. The second kappa shape index (κ2) is 4.31. The molecule has 0 saturated heterocycles. The van der Waals surface area contributed by atoms with Crippen LogP contribution in [0, 0.1) is 13.8 Å². The predicted molar refractivity (Wildman–Crippen MR) is 84.6 cm³/mol. The van der Waals surface area contributed by atoms with E-state index < -0.39 is 0 Å². The molecule has 1 heterocycles. The molecule has 3 rings (SSSR count). The molecule has 0 fully saturated rings. The van der Waals surface area contributed by atoms with E-state index in [4.69, 9.17) is 0 Å². The molecule has 1 aliphatic rings. The molecule has 1 aromatic carbocycles. The van der Waals surface area contributed by atoms with Crippen LogP contribution in [0.2, 0.25) is 0 Å². The Bertz CT molecular complexity index is 721. The molecule has 0 atom stereocenters. The smallest absolute Gasteiger partial charge is 0.198 e. The van der Waals surface area contributed by atoms with Crippen molar-refractivity contribution in [2.24, 2.45) is 7.05 Å². The minimum atomic E-state index is 0.131. The SMILES string of the molecule is Cc1ccccc1-c1c2c(cc(C)[n+]1C)C(C)(C)C=C2. The van der Waals surface area contributed by atoms with Gasteiger partial charge in [-0.25, -0.2) is 0 Å². The zero-order chi connectivity index (χ0) is 14.5. The first-order chi connectivity index (χ1) is 9.42. The molecule has 0 unspecified atom stereocenters. The molecule has 0 spiro atoms. The van der Waals surface area contributed by atoms with E-state index in [1.54, 1.807) is 0 Å². The van der Waals surface area contributed by atoms with Crippen LogP contribution in [0.25, 0.3) is 17.3 Å². The largest absolute Gasteiger partial charge is 0.220 e. The molecule has 0 N–H and O–H groups in total. The summed E-state index contributed by atoms with van der Waals surface area (Å²) in [5.41, 5.74) is 8.24. The highest BCUT2D eigenvalue weighted by atomic mass is 14.9. The highest BCUT2D eigenvalue weighted by Gasteiger charge is 2.32. The van der Waals surface area contributed by atoms with Gasteiger partial charge in [0.15, 0.2) is 5.69 Å². The number of hydrogen-bond acceptors (Lipinski definition) is 0. The second-order valence-electron chi connectivity index (χ2n) is 6.39. The van der Waals surface area contributed by atoms with Gasteiger partial charge in [0.1, 0.15) is 7.05 Å². The van der Waals surface area contributed by atoms with Gasteiger partial charge in [0, 0.05) is 24.0 Å². The maximum atomic E-state index is 2.33.